The highest BCUT2D eigenvalue weighted by atomic mass is 16.4. The van der Waals surface area contributed by atoms with Gasteiger partial charge in [-0.05, 0) is 19.8 Å². The predicted molar refractivity (Wildman–Crippen MR) is 82.0 cm³/mol. The van der Waals surface area contributed by atoms with Crippen LogP contribution < -0.4 is 27.8 Å². The molecule has 11 heteroatoms. The molecule has 0 bridgehead atoms. The van der Waals surface area contributed by atoms with Crippen molar-refractivity contribution < 1.29 is 29.1 Å². The van der Waals surface area contributed by atoms with Crippen molar-refractivity contribution in [2.24, 2.45) is 17.2 Å². The van der Waals surface area contributed by atoms with Crippen molar-refractivity contribution >= 4 is 29.6 Å². The minimum Gasteiger partial charge on any atom is -0.480 e. The predicted octanol–water partition coefficient (Wildman–Crippen LogP) is -3.08. The summed E-state index contributed by atoms with van der Waals surface area (Å²) in [5, 5.41) is 13.3. The van der Waals surface area contributed by atoms with Gasteiger partial charge in [-0.15, -0.1) is 0 Å². The SMILES string of the molecule is C[C@H](NC(=O)[C@H](CCC(N)=O)NC(=O)[C@@H](N)CCC(N)=O)C(=O)O. The van der Waals surface area contributed by atoms with Gasteiger partial charge in [-0.2, -0.15) is 0 Å². The third-order valence-corrected chi connectivity index (χ3v) is 3.08. The van der Waals surface area contributed by atoms with Crippen molar-refractivity contribution in [1.29, 1.82) is 0 Å². The summed E-state index contributed by atoms with van der Waals surface area (Å²) in [6.07, 6.45) is -0.447. The molecule has 0 aliphatic rings. The number of primary amides is 2. The minimum absolute atomic E-state index is 0.0170. The van der Waals surface area contributed by atoms with E-state index in [-0.39, 0.29) is 25.7 Å². The molecule has 0 heterocycles. The van der Waals surface area contributed by atoms with Crippen LogP contribution in [0.15, 0.2) is 0 Å². The molecule has 0 spiro atoms. The standard InChI is InChI=1S/C13H23N5O6/c1-6(13(23)24)17-12(22)8(3-5-10(16)20)18-11(21)7(14)2-4-9(15)19/h6-8H,2-5,14H2,1H3,(H2,15,19)(H2,16,20)(H,17,22)(H,18,21)(H,23,24)/t6-,7-,8-/m0/s1. The lowest BCUT2D eigenvalue weighted by Crippen LogP contribution is -2.54. The molecule has 136 valence electrons. The topological polar surface area (TPSA) is 208 Å². The van der Waals surface area contributed by atoms with Crippen molar-refractivity contribution in [3.05, 3.63) is 0 Å². The second-order valence-electron chi connectivity index (χ2n) is 5.25. The molecule has 0 saturated heterocycles. The van der Waals surface area contributed by atoms with Gasteiger partial charge < -0.3 is 32.9 Å². The molecule has 0 radical (unpaired) electrons. The van der Waals surface area contributed by atoms with Crippen LogP contribution in [-0.2, 0) is 24.0 Å². The van der Waals surface area contributed by atoms with Crippen LogP contribution in [0.2, 0.25) is 0 Å². The lowest BCUT2D eigenvalue weighted by Gasteiger charge is -2.21. The van der Waals surface area contributed by atoms with Crippen LogP contribution in [0.1, 0.15) is 32.6 Å². The second-order valence-corrected chi connectivity index (χ2v) is 5.25. The van der Waals surface area contributed by atoms with Gasteiger partial charge in [-0.25, -0.2) is 0 Å². The van der Waals surface area contributed by atoms with Gasteiger partial charge in [0.15, 0.2) is 0 Å². The van der Waals surface area contributed by atoms with Crippen LogP contribution in [0.3, 0.4) is 0 Å². The normalized spacial score (nSPS) is 14.1. The zero-order valence-corrected chi connectivity index (χ0v) is 13.3. The average Bonchev–Trinajstić information content (AvgIpc) is 2.47. The number of hydrogen-bond donors (Lipinski definition) is 6. The fraction of sp³-hybridized carbons (Fsp3) is 0.615. The maximum Gasteiger partial charge on any atom is 0.325 e. The Hall–Kier alpha value is -2.69. The zero-order chi connectivity index (χ0) is 18.9. The summed E-state index contributed by atoms with van der Waals surface area (Å²) in [5.41, 5.74) is 15.5. The van der Waals surface area contributed by atoms with Crippen LogP contribution in [0.25, 0.3) is 0 Å². The highest BCUT2D eigenvalue weighted by molar-refractivity contribution is 5.92. The van der Waals surface area contributed by atoms with E-state index in [0.29, 0.717) is 0 Å². The summed E-state index contributed by atoms with van der Waals surface area (Å²) in [5.74, 6) is -4.10. The van der Waals surface area contributed by atoms with Crippen molar-refractivity contribution in [3.63, 3.8) is 0 Å². The van der Waals surface area contributed by atoms with Crippen molar-refractivity contribution in [3.8, 4) is 0 Å². The van der Waals surface area contributed by atoms with Crippen LogP contribution in [0.5, 0.6) is 0 Å². The van der Waals surface area contributed by atoms with Crippen LogP contribution in [0.4, 0.5) is 0 Å². The third kappa shape index (κ3) is 8.68. The van der Waals surface area contributed by atoms with E-state index < -0.39 is 47.7 Å². The summed E-state index contributed by atoms with van der Waals surface area (Å²) < 4.78 is 0. The van der Waals surface area contributed by atoms with E-state index in [9.17, 15) is 24.0 Å². The number of carbonyl (C=O) groups is 5. The molecule has 0 fully saturated rings. The van der Waals surface area contributed by atoms with E-state index in [4.69, 9.17) is 22.3 Å². The Morgan fingerprint density at radius 2 is 1.42 bits per heavy atom. The first-order valence-corrected chi connectivity index (χ1v) is 7.20. The van der Waals surface area contributed by atoms with Crippen molar-refractivity contribution in [2.45, 2.75) is 50.7 Å². The van der Waals surface area contributed by atoms with Crippen LogP contribution in [0, 0.1) is 0 Å². The number of carbonyl (C=O) groups excluding carboxylic acids is 4. The molecule has 0 saturated carbocycles. The number of rotatable bonds is 11. The number of nitrogens with one attached hydrogen (secondary N) is 2. The van der Waals surface area contributed by atoms with Gasteiger partial charge in [-0.3, -0.25) is 24.0 Å². The lowest BCUT2D eigenvalue weighted by molar-refractivity contribution is -0.141. The van der Waals surface area contributed by atoms with E-state index >= 15 is 0 Å². The van der Waals surface area contributed by atoms with Gasteiger partial charge in [0.2, 0.25) is 23.6 Å². The number of amides is 4. The second kappa shape index (κ2) is 10.2. The quantitative estimate of drug-likeness (QED) is 0.227. The molecule has 0 aromatic carbocycles. The maximum atomic E-state index is 12.0. The average molecular weight is 345 g/mol. The first-order chi connectivity index (χ1) is 11.0. The molecule has 0 rings (SSSR count). The molecule has 4 amide bonds. The van der Waals surface area contributed by atoms with Gasteiger partial charge in [0.1, 0.15) is 12.1 Å². The molecule has 3 atom stereocenters. The van der Waals surface area contributed by atoms with Crippen molar-refractivity contribution in [2.75, 3.05) is 0 Å². The van der Waals surface area contributed by atoms with Crippen LogP contribution in [-0.4, -0.2) is 52.8 Å². The van der Waals surface area contributed by atoms with Crippen molar-refractivity contribution in [1.82, 2.24) is 10.6 Å². The first-order valence-electron chi connectivity index (χ1n) is 7.20. The Bertz CT molecular complexity index is 509. The van der Waals surface area contributed by atoms with E-state index in [2.05, 4.69) is 10.6 Å². The summed E-state index contributed by atoms with van der Waals surface area (Å²) in [7, 11) is 0. The third-order valence-electron chi connectivity index (χ3n) is 3.08. The molecule has 0 aliphatic carbocycles. The highest BCUT2D eigenvalue weighted by Gasteiger charge is 2.26. The van der Waals surface area contributed by atoms with Gasteiger partial charge in [0.05, 0.1) is 6.04 Å². The van der Waals surface area contributed by atoms with Gasteiger partial charge >= 0.3 is 5.97 Å². The number of nitrogens with two attached hydrogens (primary N) is 3. The lowest BCUT2D eigenvalue weighted by atomic mass is 10.1. The molecule has 0 unspecified atom stereocenters. The van der Waals surface area contributed by atoms with E-state index in [1.807, 2.05) is 0 Å². The first kappa shape index (κ1) is 21.3. The Morgan fingerprint density at radius 3 is 1.88 bits per heavy atom. The molecule has 24 heavy (non-hydrogen) atoms. The van der Waals surface area contributed by atoms with Gasteiger partial charge in [0, 0.05) is 12.8 Å². The summed E-state index contributed by atoms with van der Waals surface area (Å²) in [6.45, 7) is 1.24. The minimum atomic E-state index is -1.26. The maximum absolute atomic E-state index is 12.0. The monoisotopic (exact) mass is 345 g/mol. The molecular formula is C13H23N5O6. The Labute approximate surface area is 138 Å². The smallest absolute Gasteiger partial charge is 0.325 e. The summed E-state index contributed by atoms with van der Waals surface area (Å²) >= 11 is 0. The van der Waals surface area contributed by atoms with Gasteiger partial charge in [0.25, 0.3) is 0 Å². The van der Waals surface area contributed by atoms with Crippen LogP contribution >= 0.6 is 0 Å². The molecular weight excluding hydrogens is 322 g/mol. The van der Waals surface area contributed by atoms with E-state index in [1.165, 1.54) is 6.92 Å². The summed E-state index contributed by atoms with van der Waals surface area (Å²) in [4.78, 5) is 56.3. The molecule has 0 aromatic heterocycles. The van der Waals surface area contributed by atoms with E-state index in [0.717, 1.165) is 0 Å². The Kier molecular flexibility index (Phi) is 9.02. The summed E-state index contributed by atoms with van der Waals surface area (Å²) in [6, 6.07) is -3.46. The largest absolute Gasteiger partial charge is 0.480 e. The fourth-order valence-electron chi connectivity index (χ4n) is 1.64. The number of carboxylic acid groups (broad SMARTS) is 1. The highest BCUT2D eigenvalue weighted by Crippen LogP contribution is 2.01. The Morgan fingerprint density at radius 1 is 0.917 bits per heavy atom. The molecule has 9 N–H and O–H groups in total. The number of carboxylic acids is 1. The fourth-order valence-corrected chi connectivity index (χ4v) is 1.64. The van der Waals surface area contributed by atoms with Gasteiger partial charge in [-0.1, -0.05) is 0 Å². The Balaban J connectivity index is 4.83. The zero-order valence-electron chi connectivity index (χ0n) is 13.3. The molecule has 0 aromatic rings. The van der Waals surface area contributed by atoms with E-state index in [1.54, 1.807) is 0 Å². The molecule has 11 nitrogen and oxygen atoms in total. The molecule has 0 aliphatic heterocycles. The number of hydrogen-bond acceptors (Lipinski definition) is 6. The number of aliphatic carboxylic acids is 1.